The van der Waals surface area contributed by atoms with Gasteiger partial charge in [0.15, 0.2) is 6.17 Å². The quantitative estimate of drug-likeness (QED) is 0.460. The largest absolute Gasteiger partial charge is 0.237 e. The van der Waals surface area contributed by atoms with Gasteiger partial charge in [-0.2, -0.15) is 9.98 Å². The molecule has 0 N–H and O–H groups in total. The summed E-state index contributed by atoms with van der Waals surface area (Å²) < 4.78 is 0. The average molecular weight is 168 g/mol. The zero-order chi connectivity index (χ0) is 9.40. The lowest BCUT2D eigenvalue weighted by atomic mass is 10.0. The van der Waals surface area contributed by atoms with Gasteiger partial charge < -0.3 is 0 Å². The van der Waals surface area contributed by atoms with E-state index in [-0.39, 0.29) is 5.92 Å². The maximum absolute atomic E-state index is 9.92. The highest BCUT2D eigenvalue weighted by Gasteiger charge is 2.13. The van der Waals surface area contributed by atoms with Gasteiger partial charge >= 0.3 is 0 Å². The van der Waals surface area contributed by atoms with E-state index in [4.69, 9.17) is 0 Å². The van der Waals surface area contributed by atoms with Gasteiger partial charge in [0.1, 0.15) is 0 Å². The third kappa shape index (κ3) is 3.81. The molecule has 0 spiro atoms. The lowest BCUT2D eigenvalue weighted by molar-refractivity contribution is 0.428. The highest BCUT2D eigenvalue weighted by atomic mass is 16.1. The lowest BCUT2D eigenvalue weighted by Gasteiger charge is -2.11. The van der Waals surface area contributed by atoms with Crippen LogP contribution in [0.15, 0.2) is 9.98 Å². The smallest absolute Gasteiger partial charge is 0.211 e. The first-order chi connectivity index (χ1) is 5.76. The second-order valence-electron chi connectivity index (χ2n) is 2.62. The Bertz CT molecular complexity index is 197. The number of nitrogens with zero attached hydrogens (tertiary/aromatic N) is 2. The Balaban J connectivity index is 4.27. The van der Waals surface area contributed by atoms with Crippen LogP contribution >= 0.6 is 0 Å². The molecule has 1 unspecified atom stereocenters. The van der Waals surface area contributed by atoms with Crippen molar-refractivity contribution < 1.29 is 9.59 Å². The summed E-state index contributed by atoms with van der Waals surface area (Å²) in [5, 5.41) is 0. The molecule has 0 amide bonds. The predicted molar refractivity (Wildman–Crippen MR) is 44.1 cm³/mol. The van der Waals surface area contributed by atoms with Crippen LogP contribution in [0.25, 0.3) is 0 Å². The van der Waals surface area contributed by atoms with Gasteiger partial charge in [-0.1, -0.05) is 20.3 Å². The van der Waals surface area contributed by atoms with Crippen molar-refractivity contribution in [3.63, 3.8) is 0 Å². The molecule has 0 radical (unpaired) electrons. The molecule has 1 atom stereocenters. The van der Waals surface area contributed by atoms with Crippen LogP contribution in [0.5, 0.6) is 0 Å². The average Bonchev–Trinajstić information content (AvgIpc) is 2.04. The second-order valence-corrected chi connectivity index (χ2v) is 2.62. The van der Waals surface area contributed by atoms with Crippen LogP contribution in [0.4, 0.5) is 0 Å². The van der Waals surface area contributed by atoms with E-state index in [0.717, 1.165) is 12.8 Å². The Labute approximate surface area is 71.4 Å². The first-order valence-electron chi connectivity index (χ1n) is 3.90. The van der Waals surface area contributed by atoms with Gasteiger partial charge in [-0.15, -0.1) is 0 Å². The van der Waals surface area contributed by atoms with Gasteiger partial charge in [-0.05, 0) is 6.42 Å². The Morgan fingerprint density at radius 1 is 1.25 bits per heavy atom. The molecule has 4 nitrogen and oxygen atoms in total. The van der Waals surface area contributed by atoms with Gasteiger partial charge in [-0.3, -0.25) is 0 Å². The van der Waals surface area contributed by atoms with Crippen LogP contribution in [0.3, 0.4) is 0 Å². The molecule has 0 aliphatic rings. The molecule has 0 bridgehead atoms. The molecule has 0 saturated carbocycles. The minimum Gasteiger partial charge on any atom is -0.211 e. The molecule has 0 fully saturated rings. The Morgan fingerprint density at radius 2 is 1.75 bits per heavy atom. The fourth-order valence-corrected chi connectivity index (χ4v) is 0.996. The molecule has 0 aromatic heterocycles. The van der Waals surface area contributed by atoms with E-state index in [1.807, 2.05) is 13.8 Å². The molecule has 66 valence electrons. The summed E-state index contributed by atoms with van der Waals surface area (Å²) in [6.07, 6.45) is 4.04. The monoisotopic (exact) mass is 168 g/mol. The fraction of sp³-hybridized carbons (Fsp3) is 0.750. The van der Waals surface area contributed by atoms with Crippen molar-refractivity contribution in [2.24, 2.45) is 15.9 Å². The van der Waals surface area contributed by atoms with Crippen LogP contribution in [0.1, 0.15) is 26.7 Å². The molecule has 0 saturated heterocycles. The van der Waals surface area contributed by atoms with Crippen LogP contribution in [-0.2, 0) is 9.59 Å². The fourth-order valence-electron chi connectivity index (χ4n) is 0.996. The molecule has 0 rings (SSSR count). The van der Waals surface area contributed by atoms with E-state index in [1.54, 1.807) is 0 Å². The van der Waals surface area contributed by atoms with Gasteiger partial charge in [0.25, 0.3) is 0 Å². The number of aliphatic imine (C=N–C) groups is 2. The third-order valence-electron chi connectivity index (χ3n) is 1.62. The Hall–Kier alpha value is -1.24. The van der Waals surface area contributed by atoms with Crippen molar-refractivity contribution in [3.8, 4) is 0 Å². The van der Waals surface area contributed by atoms with Gasteiger partial charge in [0, 0.05) is 5.92 Å². The second kappa shape index (κ2) is 6.47. The summed E-state index contributed by atoms with van der Waals surface area (Å²) in [7, 11) is 0. The molecule has 12 heavy (non-hydrogen) atoms. The molecule has 0 aliphatic heterocycles. The first kappa shape index (κ1) is 10.8. The van der Waals surface area contributed by atoms with Crippen molar-refractivity contribution in [1.82, 2.24) is 0 Å². The summed E-state index contributed by atoms with van der Waals surface area (Å²) in [5.74, 6) is 0.0953. The van der Waals surface area contributed by atoms with Gasteiger partial charge in [0.05, 0.1) is 0 Å². The summed E-state index contributed by atoms with van der Waals surface area (Å²) >= 11 is 0. The molecule has 4 heteroatoms. The van der Waals surface area contributed by atoms with Crippen LogP contribution < -0.4 is 0 Å². The number of isocyanates is 2. The summed E-state index contributed by atoms with van der Waals surface area (Å²) in [6, 6.07) is 0. The maximum Gasteiger partial charge on any atom is 0.237 e. The van der Waals surface area contributed by atoms with Crippen LogP contribution in [0, 0.1) is 5.92 Å². The highest BCUT2D eigenvalue weighted by molar-refractivity contribution is 5.37. The van der Waals surface area contributed by atoms with E-state index < -0.39 is 6.17 Å². The van der Waals surface area contributed by atoms with E-state index in [2.05, 4.69) is 9.98 Å². The summed E-state index contributed by atoms with van der Waals surface area (Å²) in [4.78, 5) is 26.6. The molecule has 0 heterocycles. The van der Waals surface area contributed by atoms with Crippen molar-refractivity contribution in [2.45, 2.75) is 32.9 Å². The van der Waals surface area contributed by atoms with E-state index in [9.17, 15) is 9.59 Å². The van der Waals surface area contributed by atoms with Crippen LogP contribution in [-0.4, -0.2) is 18.3 Å². The zero-order valence-corrected chi connectivity index (χ0v) is 7.28. The van der Waals surface area contributed by atoms with E-state index in [1.165, 1.54) is 12.2 Å². The lowest BCUT2D eigenvalue weighted by Crippen LogP contribution is -2.12. The minimum atomic E-state index is -0.597. The minimum absolute atomic E-state index is 0.0953. The van der Waals surface area contributed by atoms with Crippen molar-refractivity contribution in [1.29, 1.82) is 0 Å². The number of rotatable bonds is 5. The molecule has 0 aromatic carbocycles. The zero-order valence-electron chi connectivity index (χ0n) is 7.28. The summed E-state index contributed by atoms with van der Waals surface area (Å²) in [5.41, 5.74) is 0. The van der Waals surface area contributed by atoms with Crippen molar-refractivity contribution >= 4 is 12.2 Å². The topological polar surface area (TPSA) is 58.9 Å². The van der Waals surface area contributed by atoms with Gasteiger partial charge in [0.2, 0.25) is 12.2 Å². The van der Waals surface area contributed by atoms with E-state index >= 15 is 0 Å². The van der Waals surface area contributed by atoms with E-state index in [0.29, 0.717) is 0 Å². The maximum atomic E-state index is 9.92. The highest BCUT2D eigenvalue weighted by Crippen LogP contribution is 2.13. The third-order valence-corrected chi connectivity index (χ3v) is 1.62. The van der Waals surface area contributed by atoms with Gasteiger partial charge in [-0.25, -0.2) is 9.59 Å². The Morgan fingerprint density at radius 3 is 2.08 bits per heavy atom. The normalized spacial score (nSPS) is 13.8. The Kier molecular flexibility index (Phi) is 5.80. The number of carbonyl (C=O) groups excluding carboxylic acids is 2. The van der Waals surface area contributed by atoms with Crippen molar-refractivity contribution in [2.75, 3.05) is 0 Å². The molecular weight excluding hydrogens is 156 g/mol. The number of hydrogen-bond donors (Lipinski definition) is 0. The SMILES string of the molecule is CCCC(C)C(N=C=O)N=C=O. The molecular formula is C8H12N2O2. The standard InChI is InChI=1S/C8H12N2O2/c1-3-4-7(2)8(9-5-11)10-6-12/h7-8H,3-4H2,1-2H3. The number of hydrogen-bond acceptors (Lipinski definition) is 4. The first-order valence-corrected chi connectivity index (χ1v) is 3.90. The molecule has 0 aromatic rings. The van der Waals surface area contributed by atoms with Crippen molar-refractivity contribution in [3.05, 3.63) is 0 Å². The predicted octanol–water partition coefficient (Wildman–Crippen LogP) is 1.42. The molecule has 0 aliphatic carbocycles. The summed E-state index contributed by atoms with van der Waals surface area (Å²) in [6.45, 7) is 3.90. The van der Waals surface area contributed by atoms with Crippen LogP contribution in [0.2, 0.25) is 0 Å².